The van der Waals surface area contributed by atoms with Crippen molar-refractivity contribution in [3.8, 4) is 22.5 Å². The maximum absolute atomic E-state index is 11.9. The van der Waals surface area contributed by atoms with Crippen molar-refractivity contribution in [3.05, 3.63) is 54.5 Å². The smallest absolute Gasteiger partial charge is 0.228 e. The van der Waals surface area contributed by atoms with Crippen LogP contribution in [0.3, 0.4) is 0 Å². The van der Waals surface area contributed by atoms with E-state index in [1.54, 1.807) is 18.6 Å². The normalized spacial score (nSPS) is 13.4. The second-order valence-corrected chi connectivity index (χ2v) is 6.56. The number of pyridine rings is 1. The minimum atomic E-state index is 0.0323. The van der Waals surface area contributed by atoms with Gasteiger partial charge in [0.05, 0.1) is 23.8 Å². The predicted molar refractivity (Wildman–Crippen MR) is 101 cm³/mol. The average Bonchev–Trinajstić information content (AvgIpc) is 3.49. The largest absolute Gasteiger partial charge is 0.399 e. The number of nitrogens with one attached hydrogen (secondary N) is 1. The van der Waals surface area contributed by atoms with E-state index in [1.165, 1.54) is 0 Å². The topological polar surface area (TPSA) is 93.8 Å². The van der Waals surface area contributed by atoms with Crippen LogP contribution in [0, 0.1) is 12.8 Å². The molecule has 0 aliphatic heterocycles. The fourth-order valence-corrected chi connectivity index (χ4v) is 2.78. The van der Waals surface area contributed by atoms with Gasteiger partial charge in [0, 0.05) is 28.9 Å². The molecule has 0 radical (unpaired) electrons. The third kappa shape index (κ3) is 3.39. The van der Waals surface area contributed by atoms with Crippen LogP contribution in [0.25, 0.3) is 22.5 Å². The summed E-state index contributed by atoms with van der Waals surface area (Å²) in [7, 11) is 0. The van der Waals surface area contributed by atoms with Crippen LogP contribution in [0.15, 0.2) is 48.9 Å². The number of nitrogens with zero attached hydrogens (tertiary/aromatic N) is 3. The Morgan fingerprint density at radius 3 is 2.77 bits per heavy atom. The molecule has 1 aromatic carbocycles. The highest BCUT2D eigenvalue weighted by atomic mass is 16.2. The van der Waals surface area contributed by atoms with E-state index in [1.807, 2.05) is 37.3 Å². The first-order valence-electron chi connectivity index (χ1n) is 8.56. The maximum Gasteiger partial charge on any atom is 0.228 e. The summed E-state index contributed by atoms with van der Waals surface area (Å²) in [6.07, 6.45) is 7.00. The summed E-state index contributed by atoms with van der Waals surface area (Å²) in [5.74, 6) is 0.701. The molecule has 1 aliphatic carbocycles. The van der Waals surface area contributed by atoms with Crippen molar-refractivity contribution in [2.75, 3.05) is 11.1 Å². The first kappa shape index (κ1) is 16.2. The average molecular weight is 345 g/mol. The second kappa shape index (κ2) is 6.55. The molecule has 0 atom stereocenters. The summed E-state index contributed by atoms with van der Waals surface area (Å²) in [6, 6.07) is 9.41. The highest BCUT2D eigenvalue weighted by Crippen LogP contribution is 2.30. The lowest BCUT2D eigenvalue weighted by Crippen LogP contribution is -2.14. The van der Waals surface area contributed by atoms with Crippen molar-refractivity contribution in [1.82, 2.24) is 15.0 Å². The van der Waals surface area contributed by atoms with E-state index in [0.29, 0.717) is 17.2 Å². The van der Waals surface area contributed by atoms with E-state index in [-0.39, 0.29) is 11.8 Å². The molecule has 1 fully saturated rings. The van der Waals surface area contributed by atoms with Crippen molar-refractivity contribution in [2.24, 2.45) is 5.92 Å². The van der Waals surface area contributed by atoms with Crippen LogP contribution >= 0.6 is 0 Å². The van der Waals surface area contributed by atoms with Gasteiger partial charge in [-0.1, -0.05) is 6.07 Å². The zero-order chi connectivity index (χ0) is 18.1. The number of carbonyl (C=O) groups excluding carboxylic acids is 1. The molecule has 6 heteroatoms. The van der Waals surface area contributed by atoms with Gasteiger partial charge in [0.1, 0.15) is 5.82 Å². The number of aromatic nitrogens is 3. The monoisotopic (exact) mass is 345 g/mol. The number of hydrogen-bond acceptors (Lipinski definition) is 5. The lowest BCUT2D eigenvalue weighted by Gasteiger charge is -2.09. The third-order valence-electron chi connectivity index (χ3n) is 4.43. The minimum Gasteiger partial charge on any atom is -0.399 e. The van der Waals surface area contributed by atoms with Gasteiger partial charge in [-0.3, -0.25) is 9.78 Å². The summed E-state index contributed by atoms with van der Waals surface area (Å²) in [5, 5.41) is 2.86. The molecule has 2 aromatic heterocycles. The zero-order valence-electron chi connectivity index (χ0n) is 14.4. The van der Waals surface area contributed by atoms with Crippen LogP contribution < -0.4 is 11.1 Å². The Morgan fingerprint density at radius 2 is 1.96 bits per heavy atom. The molecule has 1 amide bonds. The van der Waals surface area contributed by atoms with Gasteiger partial charge in [-0.2, -0.15) is 0 Å². The Kier molecular flexibility index (Phi) is 4.08. The molecule has 3 aromatic rings. The number of carbonyl (C=O) groups is 1. The SMILES string of the molecule is Cc1ccc(N)cc1-c1cncc(-c2ccnc(NC(=O)C3CC3)c2)n1. The van der Waals surface area contributed by atoms with Crippen LogP contribution in [-0.2, 0) is 4.79 Å². The van der Waals surface area contributed by atoms with E-state index in [9.17, 15) is 4.79 Å². The van der Waals surface area contributed by atoms with Crippen LogP contribution in [0.5, 0.6) is 0 Å². The molecule has 0 bridgehead atoms. The van der Waals surface area contributed by atoms with Crippen molar-refractivity contribution in [2.45, 2.75) is 19.8 Å². The third-order valence-corrected chi connectivity index (χ3v) is 4.43. The molecular formula is C20H19N5O. The van der Waals surface area contributed by atoms with Crippen molar-refractivity contribution in [1.29, 1.82) is 0 Å². The quantitative estimate of drug-likeness (QED) is 0.706. The number of nitrogens with two attached hydrogens (primary N) is 1. The number of anilines is 2. The van der Waals surface area contributed by atoms with Gasteiger partial charge in [0.2, 0.25) is 5.91 Å². The van der Waals surface area contributed by atoms with E-state index in [2.05, 4.69) is 15.3 Å². The number of hydrogen-bond donors (Lipinski definition) is 2. The first-order valence-corrected chi connectivity index (χ1v) is 8.56. The van der Waals surface area contributed by atoms with Crippen molar-refractivity contribution >= 4 is 17.4 Å². The molecule has 1 aliphatic rings. The summed E-state index contributed by atoms with van der Waals surface area (Å²) in [6.45, 7) is 2.01. The van der Waals surface area contributed by atoms with E-state index in [4.69, 9.17) is 10.7 Å². The van der Waals surface area contributed by atoms with E-state index >= 15 is 0 Å². The highest BCUT2D eigenvalue weighted by molar-refractivity contribution is 5.93. The summed E-state index contributed by atoms with van der Waals surface area (Å²) >= 11 is 0. The number of amides is 1. The Hall–Kier alpha value is -3.28. The number of benzene rings is 1. The predicted octanol–water partition coefficient (Wildman–Crippen LogP) is 3.44. The van der Waals surface area contributed by atoms with Crippen LogP contribution in [-0.4, -0.2) is 20.9 Å². The Balaban J connectivity index is 1.66. The van der Waals surface area contributed by atoms with Gasteiger partial charge in [-0.15, -0.1) is 0 Å². The van der Waals surface area contributed by atoms with Gasteiger partial charge in [0.25, 0.3) is 0 Å². The second-order valence-electron chi connectivity index (χ2n) is 6.56. The summed E-state index contributed by atoms with van der Waals surface area (Å²) < 4.78 is 0. The van der Waals surface area contributed by atoms with Crippen LogP contribution in [0.4, 0.5) is 11.5 Å². The molecule has 3 N–H and O–H groups in total. The molecule has 2 heterocycles. The number of rotatable bonds is 4. The Morgan fingerprint density at radius 1 is 1.15 bits per heavy atom. The first-order chi connectivity index (χ1) is 12.6. The van der Waals surface area contributed by atoms with Gasteiger partial charge in [-0.25, -0.2) is 9.97 Å². The fourth-order valence-electron chi connectivity index (χ4n) is 2.78. The summed E-state index contributed by atoms with van der Waals surface area (Å²) in [5.41, 5.74) is 11.0. The van der Waals surface area contributed by atoms with Crippen LogP contribution in [0.2, 0.25) is 0 Å². The van der Waals surface area contributed by atoms with Crippen molar-refractivity contribution < 1.29 is 4.79 Å². The zero-order valence-corrected chi connectivity index (χ0v) is 14.4. The molecule has 1 saturated carbocycles. The standard InChI is InChI=1S/C20H19N5O/c1-12-2-5-15(21)9-16(12)18-11-22-10-17(24-18)14-6-7-23-19(8-14)25-20(26)13-3-4-13/h2,5-11,13H,3-4,21H2,1H3,(H,23,25,26). The minimum absolute atomic E-state index is 0.0323. The van der Waals surface area contributed by atoms with Gasteiger partial charge >= 0.3 is 0 Å². The Labute approximate surface area is 151 Å². The molecule has 130 valence electrons. The van der Waals surface area contributed by atoms with Crippen LogP contribution in [0.1, 0.15) is 18.4 Å². The molecular weight excluding hydrogens is 326 g/mol. The lowest BCUT2D eigenvalue weighted by molar-refractivity contribution is -0.117. The number of nitrogen functional groups attached to an aromatic ring is 1. The lowest BCUT2D eigenvalue weighted by atomic mass is 10.0. The van der Waals surface area contributed by atoms with Gasteiger partial charge < -0.3 is 11.1 Å². The highest BCUT2D eigenvalue weighted by Gasteiger charge is 2.29. The van der Waals surface area contributed by atoms with Gasteiger partial charge in [-0.05, 0) is 49.6 Å². The fraction of sp³-hybridized carbons (Fsp3) is 0.200. The van der Waals surface area contributed by atoms with E-state index < -0.39 is 0 Å². The maximum atomic E-state index is 11.9. The molecule has 0 unspecified atom stereocenters. The molecule has 0 spiro atoms. The number of aryl methyl sites for hydroxylation is 1. The van der Waals surface area contributed by atoms with Gasteiger partial charge in [0.15, 0.2) is 0 Å². The molecule has 0 saturated heterocycles. The Bertz CT molecular complexity index is 981. The molecule has 6 nitrogen and oxygen atoms in total. The van der Waals surface area contributed by atoms with E-state index in [0.717, 1.165) is 35.2 Å². The molecule has 26 heavy (non-hydrogen) atoms. The van der Waals surface area contributed by atoms with Crippen molar-refractivity contribution in [3.63, 3.8) is 0 Å². The summed E-state index contributed by atoms with van der Waals surface area (Å²) in [4.78, 5) is 25.2. The molecule has 4 rings (SSSR count).